The second kappa shape index (κ2) is 4.73. The minimum Gasteiger partial charge on any atom is -0.392 e. The van der Waals surface area contributed by atoms with Crippen LogP contribution in [0.25, 0.3) is 0 Å². The molecule has 2 atom stereocenters. The van der Waals surface area contributed by atoms with E-state index in [0.717, 1.165) is 19.3 Å². The first-order chi connectivity index (χ1) is 7.27. The fraction of sp³-hybridized carbons (Fsp3) is 0.500. The number of hydrogen-bond donors (Lipinski definition) is 2. The fourth-order valence-electron chi connectivity index (χ4n) is 2.06. The largest absolute Gasteiger partial charge is 0.392 e. The van der Waals surface area contributed by atoms with E-state index in [1.807, 2.05) is 6.07 Å². The Kier molecular flexibility index (Phi) is 3.34. The summed E-state index contributed by atoms with van der Waals surface area (Å²) in [6.07, 6.45) is 2.62. The Morgan fingerprint density at radius 3 is 2.80 bits per heavy atom. The quantitative estimate of drug-likeness (QED) is 0.796. The van der Waals surface area contributed by atoms with Crippen LogP contribution in [0.2, 0.25) is 0 Å². The monoisotopic (exact) mass is 209 g/mol. The molecule has 15 heavy (non-hydrogen) atoms. The molecule has 1 fully saturated rings. The van der Waals surface area contributed by atoms with Crippen molar-refractivity contribution in [3.8, 4) is 0 Å². The fourth-order valence-corrected chi connectivity index (χ4v) is 2.06. The highest BCUT2D eigenvalue weighted by Gasteiger charge is 2.24. The SMILES string of the molecule is OC1CCCC1NCc1ccccc1F. The highest BCUT2D eigenvalue weighted by molar-refractivity contribution is 5.17. The molecule has 0 aromatic heterocycles. The zero-order valence-corrected chi connectivity index (χ0v) is 8.62. The first kappa shape index (κ1) is 10.6. The maximum Gasteiger partial charge on any atom is 0.127 e. The Hall–Kier alpha value is -0.930. The molecule has 0 amide bonds. The number of hydrogen-bond acceptors (Lipinski definition) is 2. The summed E-state index contributed by atoms with van der Waals surface area (Å²) in [6.45, 7) is 0.494. The molecule has 1 saturated carbocycles. The Morgan fingerprint density at radius 1 is 1.33 bits per heavy atom. The van der Waals surface area contributed by atoms with Gasteiger partial charge < -0.3 is 10.4 Å². The lowest BCUT2D eigenvalue weighted by Gasteiger charge is -2.16. The summed E-state index contributed by atoms with van der Waals surface area (Å²) in [5.74, 6) is -0.183. The second-order valence-corrected chi connectivity index (χ2v) is 4.08. The van der Waals surface area contributed by atoms with Gasteiger partial charge in [-0.05, 0) is 25.3 Å². The van der Waals surface area contributed by atoms with Gasteiger partial charge in [0.2, 0.25) is 0 Å². The van der Waals surface area contributed by atoms with Crippen LogP contribution in [0.4, 0.5) is 4.39 Å². The maximum absolute atomic E-state index is 13.3. The van der Waals surface area contributed by atoms with Gasteiger partial charge in [-0.15, -0.1) is 0 Å². The van der Waals surface area contributed by atoms with Crippen LogP contribution in [0, 0.1) is 5.82 Å². The first-order valence-corrected chi connectivity index (χ1v) is 5.42. The van der Waals surface area contributed by atoms with Crippen LogP contribution in [-0.2, 0) is 6.54 Å². The molecular formula is C12H16FNO. The number of aliphatic hydroxyl groups excluding tert-OH is 1. The highest BCUT2D eigenvalue weighted by Crippen LogP contribution is 2.19. The van der Waals surface area contributed by atoms with E-state index < -0.39 is 0 Å². The summed E-state index contributed by atoms with van der Waals surface area (Å²) in [5.41, 5.74) is 0.664. The molecule has 0 saturated heterocycles. The summed E-state index contributed by atoms with van der Waals surface area (Å²) < 4.78 is 13.3. The van der Waals surface area contributed by atoms with Crippen LogP contribution in [0.5, 0.6) is 0 Å². The van der Waals surface area contributed by atoms with Gasteiger partial charge in [-0.1, -0.05) is 18.2 Å². The average molecular weight is 209 g/mol. The van der Waals surface area contributed by atoms with Crippen molar-refractivity contribution in [2.45, 2.75) is 38.0 Å². The van der Waals surface area contributed by atoms with E-state index in [-0.39, 0.29) is 18.0 Å². The van der Waals surface area contributed by atoms with Crippen molar-refractivity contribution in [2.75, 3.05) is 0 Å². The van der Waals surface area contributed by atoms with Crippen LogP contribution >= 0.6 is 0 Å². The highest BCUT2D eigenvalue weighted by atomic mass is 19.1. The van der Waals surface area contributed by atoms with Gasteiger partial charge in [0.25, 0.3) is 0 Å². The van der Waals surface area contributed by atoms with Crippen LogP contribution < -0.4 is 5.32 Å². The predicted octanol–water partition coefficient (Wildman–Crippen LogP) is 1.83. The molecule has 1 aliphatic carbocycles. The molecule has 82 valence electrons. The van der Waals surface area contributed by atoms with Gasteiger partial charge in [0.1, 0.15) is 5.82 Å². The van der Waals surface area contributed by atoms with Gasteiger partial charge in [-0.25, -0.2) is 4.39 Å². The maximum atomic E-state index is 13.3. The number of halogens is 1. The van der Waals surface area contributed by atoms with E-state index in [0.29, 0.717) is 12.1 Å². The second-order valence-electron chi connectivity index (χ2n) is 4.08. The van der Waals surface area contributed by atoms with Gasteiger partial charge in [0, 0.05) is 18.2 Å². The van der Waals surface area contributed by atoms with Crippen LogP contribution in [0.15, 0.2) is 24.3 Å². The number of aliphatic hydroxyl groups is 1. The molecule has 2 N–H and O–H groups in total. The molecule has 2 unspecified atom stereocenters. The smallest absolute Gasteiger partial charge is 0.127 e. The third-order valence-electron chi connectivity index (χ3n) is 2.99. The normalized spacial score (nSPS) is 25.7. The van der Waals surface area contributed by atoms with Crippen molar-refractivity contribution in [3.63, 3.8) is 0 Å². The van der Waals surface area contributed by atoms with Gasteiger partial charge in [0.15, 0.2) is 0 Å². The lowest BCUT2D eigenvalue weighted by atomic mass is 10.1. The van der Waals surface area contributed by atoms with Crippen molar-refractivity contribution < 1.29 is 9.50 Å². The predicted molar refractivity (Wildman–Crippen MR) is 56.9 cm³/mol. The molecule has 2 nitrogen and oxygen atoms in total. The Morgan fingerprint density at radius 2 is 2.13 bits per heavy atom. The first-order valence-electron chi connectivity index (χ1n) is 5.42. The minimum atomic E-state index is -0.267. The minimum absolute atomic E-state index is 0.129. The van der Waals surface area contributed by atoms with Crippen LogP contribution in [0.1, 0.15) is 24.8 Å². The molecular weight excluding hydrogens is 193 g/mol. The number of rotatable bonds is 3. The Labute approximate surface area is 89.1 Å². The molecule has 3 heteroatoms. The molecule has 1 aliphatic rings. The molecule has 0 heterocycles. The molecule has 0 radical (unpaired) electrons. The van der Waals surface area contributed by atoms with Gasteiger partial charge in [-0.3, -0.25) is 0 Å². The molecule has 1 aromatic rings. The Balaban J connectivity index is 1.90. The number of nitrogens with one attached hydrogen (secondary N) is 1. The lowest BCUT2D eigenvalue weighted by Crippen LogP contribution is -2.35. The van der Waals surface area contributed by atoms with Gasteiger partial charge >= 0.3 is 0 Å². The van der Waals surface area contributed by atoms with Crippen molar-refractivity contribution in [1.29, 1.82) is 0 Å². The van der Waals surface area contributed by atoms with Crippen LogP contribution in [0.3, 0.4) is 0 Å². The molecule has 2 rings (SSSR count). The van der Waals surface area contributed by atoms with E-state index in [2.05, 4.69) is 5.32 Å². The van der Waals surface area contributed by atoms with Crippen molar-refractivity contribution in [3.05, 3.63) is 35.6 Å². The van der Waals surface area contributed by atoms with Crippen molar-refractivity contribution in [1.82, 2.24) is 5.32 Å². The molecule has 0 aliphatic heterocycles. The summed E-state index contributed by atoms with van der Waals surface area (Å²) >= 11 is 0. The summed E-state index contributed by atoms with van der Waals surface area (Å²) in [4.78, 5) is 0. The zero-order chi connectivity index (χ0) is 10.7. The summed E-state index contributed by atoms with van der Waals surface area (Å²) in [6, 6.07) is 6.87. The Bertz CT molecular complexity index is 329. The molecule has 0 spiro atoms. The zero-order valence-electron chi connectivity index (χ0n) is 8.62. The summed E-state index contributed by atoms with van der Waals surface area (Å²) in [7, 11) is 0. The molecule has 0 bridgehead atoms. The van der Waals surface area contributed by atoms with Crippen LogP contribution in [-0.4, -0.2) is 17.3 Å². The van der Waals surface area contributed by atoms with Gasteiger partial charge in [-0.2, -0.15) is 0 Å². The van der Waals surface area contributed by atoms with E-state index in [1.54, 1.807) is 12.1 Å². The third-order valence-corrected chi connectivity index (χ3v) is 2.99. The van der Waals surface area contributed by atoms with E-state index in [9.17, 15) is 9.50 Å². The van der Waals surface area contributed by atoms with E-state index in [1.165, 1.54) is 6.07 Å². The van der Waals surface area contributed by atoms with E-state index in [4.69, 9.17) is 0 Å². The van der Waals surface area contributed by atoms with Gasteiger partial charge in [0.05, 0.1) is 6.10 Å². The summed E-state index contributed by atoms with van der Waals surface area (Å²) in [5, 5.41) is 12.8. The third kappa shape index (κ3) is 2.55. The molecule has 1 aromatic carbocycles. The topological polar surface area (TPSA) is 32.3 Å². The van der Waals surface area contributed by atoms with Crippen molar-refractivity contribution >= 4 is 0 Å². The van der Waals surface area contributed by atoms with E-state index >= 15 is 0 Å². The lowest BCUT2D eigenvalue weighted by molar-refractivity contribution is 0.148. The van der Waals surface area contributed by atoms with Crippen molar-refractivity contribution in [2.24, 2.45) is 0 Å². The standard InChI is InChI=1S/C12H16FNO/c13-10-5-2-1-4-9(10)8-14-11-6-3-7-12(11)15/h1-2,4-5,11-12,14-15H,3,6-8H2. The average Bonchev–Trinajstić information content (AvgIpc) is 2.63. The number of benzene rings is 1.